The summed E-state index contributed by atoms with van der Waals surface area (Å²) < 4.78 is 0. The molecule has 0 heteroatoms. The minimum absolute atomic E-state index is 0.722. The van der Waals surface area contributed by atoms with Gasteiger partial charge in [-0.1, -0.05) is 27.7 Å². The molecule has 0 N–H and O–H groups in total. The van der Waals surface area contributed by atoms with E-state index in [-0.39, 0.29) is 0 Å². The summed E-state index contributed by atoms with van der Waals surface area (Å²) in [5, 5.41) is 0. The molecule has 0 nitrogen and oxygen atoms in total. The van der Waals surface area contributed by atoms with Gasteiger partial charge >= 0.3 is 0 Å². The standard InChI is InChI=1S/C11H20/c1-7-5-8(2)11(4)9(3)6-10(7)11/h7-10H,5-6H2,1-4H3. The molecule has 2 aliphatic rings. The highest BCUT2D eigenvalue weighted by Crippen LogP contribution is 2.65. The fourth-order valence-corrected chi connectivity index (χ4v) is 3.77. The zero-order chi connectivity index (χ0) is 8.22. The van der Waals surface area contributed by atoms with E-state index in [2.05, 4.69) is 27.7 Å². The molecule has 2 fully saturated rings. The van der Waals surface area contributed by atoms with Crippen LogP contribution in [0.5, 0.6) is 0 Å². The molecular weight excluding hydrogens is 132 g/mol. The lowest BCUT2D eigenvalue weighted by atomic mass is 9.52. The third-order valence-electron chi connectivity index (χ3n) is 4.94. The summed E-state index contributed by atoms with van der Waals surface area (Å²) in [6.07, 6.45) is 2.98. The van der Waals surface area contributed by atoms with Crippen molar-refractivity contribution in [1.29, 1.82) is 0 Å². The van der Waals surface area contributed by atoms with Crippen molar-refractivity contribution in [3.63, 3.8) is 0 Å². The van der Waals surface area contributed by atoms with E-state index in [1.807, 2.05) is 0 Å². The van der Waals surface area contributed by atoms with Crippen LogP contribution in [0.2, 0.25) is 0 Å². The Balaban J connectivity index is 2.23. The van der Waals surface area contributed by atoms with Crippen LogP contribution >= 0.6 is 0 Å². The Hall–Kier alpha value is 0. The van der Waals surface area contributed by atoms with E-state index < -0.39 is 0 Å². The lowest BCUT2D eigenvalue weighted by Gasteiger charge is -2.53. The van der Waals surface area contributed by atoms with Gasteiger partial charge in [0.1, 0.15) is 0 Å². The molecule has 0 aromatic carbocycles. The van der Waals surface area contributed by atoms with Gasteiger partial charge in [-0.25, -0.2) is 0 Å². The summed E-state index contributed by atoms with van der Waals surface area (Å²) in [4.78, 5) is 0. The van der Waals surface area contributed by atoms with Crippen LogP contribution in [0.25, 0.3) is 0 Å². The third kappa shape index (κ3) is 0.711. The van der Waals surface area contributed by atoms with Crippen molar-refractivity contribution in [2.75, 3.05) is 0 Å². The molecule has 5 atom stereocenters. The second-order valence-corrected chi connectivity index (χ2v) is 5.22. The monoisotopic (exact) mass is 152 g/mol. The molecule has 64 valence electrons. The van der Waals surface area contributed by atoms with Crippen molar-refractivity contribution >= 4 is 0 Å². The van der Waals surface area contributed by atoms with Gasteiger partial charge < -0.3 is 0 Å². The van der Waals surface area contributed by atoms with Crippen LogP contribution in [-0.4, -0.2) is 0 Å². The number of hydrogen-bond donors (Lipinski definition) is 0. The average molecular weight is 152 g/mol. The first kappa shape index (κ1) is 7.64. The van der Waals surface area contributed by atoms with Crippen LogP contribution in [0.15, 0.2) is 0 Å². The maximum Gasteiger partial charge on any atom is -0.0243 e. The molecule has 0 aliphatic heterocycles. The van der Waals surface area contributed by atoms with E-state index in [1.165, 1.54) is 12.8 Å². The predicted octanol–water partition coefficient (Wildman–Crippen LogP) is 3.32. The zero-order valence-electron chi connectivity index (χ0n) is 8.22. The van der Waals surface area contributed by atoms with Gasteiger partial charge in [0.05, 0.1) is 0 Å². The van der Waals surface area contributed by atoms with Crippen LogP contribution in [0.3, 0.4) is 0 Å². The molecule has 2 aliphatic carbocycles. The van der Waals surface area contributed by atoms with Gasteiger partial charge in [-0.15, -0.1) is 0 Å². The average Bonchev–Trinajstić information content (AvgIpc) is 2.11. The van der Waals surface area contributed by atoms with Gasteiger partial charge in [-0.05, 0) is 41.9 Å². The highest BCUT2D eigenvalue weighted by molar-refractivity contribution is 5.06. The molecule has 0 bridgehead atoms. The van der Waals surface area contributed by atoms with Crippen LogP contribution in [-0.2, 0) is 0 Å². The van der Waals surface area contributed by atoms with E-state index in [0.29, 0.717) is 0 Å². The van der Waals surface area contributed by atoms with E-state index in [0.717, 1.165) is 29.1 Å². The summed E-state index contributed by atoms with van der Waals surface area (Å²) in [5.41, 5.74) is 0.722. The van der Waals surface area contributed by atoms with Crippen LogP contribution in [0, 0.1) is 29.1 Å². The summed E-state index contributed by atoms with van der Waals surface area (Å²) in [6.45, 7) is 9.84. The van der Waals surface area contributed by atoms with Gasteiger partial charge in [0, 0.05) is 0 Å². The largest absolute Gasteiger partial charge is 0.0622 e. The molecule has 5 unspecified atom stereocenters. The fourth-order valence-electron chi connectivity index (χ4n) is 3.77. The molecule has 2 rings (SSSR count). The lowest BCUT2D eigenvalue weighted by Crippen LogP contribution is -2.46. The second kappa shape index (κ2) is 2.02. The number of fused-ring (bicyclic) bond motifs is 1. The van der Waals surface area contributed by atoms with Gasteiger partial charge in [0.15, 0.2) is 0 Å². The predicted molar refractivity (Wildman–Crippen MR) is 48.3 cm³/mol. The smallest absolute Gasteiger partial charge is 0.0243 e. The molecule has 0 heterocycles. The zero-order valence-corrected chi connectivity index (χ0v) is 8.22. The van der Waals surface area contributed by atoms with Gasteiger partial charge in [-0.3, -0.25) is 0 Å². The first-order valence-corrected chi connectivity index (χ1v) is 5.06. The van der Waals surface area contributed by atoms with E-state index in [9.17, 15) is 0 Å². The maximum atomic E-state index is 2.51. The normalized spacial score (nSPS) is 62.2. The summed E-state index contributed by atoms with van der Waals surface area (Å²) in [7, 11) is 0. The van der Waals surface area contributed by atoms with Gasteiger partial charge in [0.25, 0.3) is 0 Å². The molecule has 11 heavy (non-hydrogen) atoms. The van der Waals surface area contributed by atoms with Crippen molar-refractivity contribution in [2.45, 2.75) is 40.5 Å². The first-order valence-electron chi connectivity index (χ1n) is 5.06. The number of rotatable bonds is 0. The summed E-state index contributed by atoms with van der Waals surface area (Å²) in [5.74, 6) is 4.04. The lowest BCUT2D eigenvalue weighted by molar-refractivity contribution is -0.0410. The van der Waals surface area contributed by atoms with Crippen LogP contribution in [0.1, 0.15) is 40.5 Å². The fraction of sp³-hybridized carbons (Fsp3) is 1.00. The molecule has 0 amide bonds. The third-order valence-corrected chi connectivity index (χ3v) is 4.94. The Morgan fingerprint density at radius 3 is 1.91 bits per heavy atom. The van der Waals surface area contributed by atoms with E-state index >= 15 is 0 Å². The number of hydrogen-bond acceptors (Lipinski definition) is 0. The van der Waals surface area contributed by atoms with Crippen LogP contribution in [0.4, 0.5) is 0 Å². The van der Waals surface area contributed by atoms with Crippen molar-refractivity contribution in [2.24, 2.45) is 29.1 Å². The van der Waals surface area contributed by atoms with Crippen LogP contribution < -0.4 is 0 Å². The topological polar surface area (TPSA) is 0 Å². The molecular formula is C11H20. The quantitative estimate of drug-likeness (QED) is 0.499. The summed E-state index contributed by atoms with van der Waals surface area (Å²) >= 11 is 0. The Bertz CT molecular complexity index is 173. The molecule has 0 aromatic heterocycles. The van der Waals surface area contributed by atoms with E-state index in [4.69, 9.17) is 0 Å². The Morgan fingerprint density at radius 1 is 1.00 bits per heavy atom. The molecule has 0 saturated heterocycles. The first-order chi connectivity index (χ1) is 5.06. The van der Waals surface area contributed by atoms with Gasteiger partial charge in [0.2, 0.25) is 0 Å². The van der Waals surface area contributed by atoms with E-state index in [1.54, 1.807) is 0 Å². The Morgan fingerprint density at radius 2 is 1.55 bits per heavy atom. The summed E-state index contributed by atoms with van der Waals surface area (Å²) in [6, 6.07) is 0. The van der Waals surface area contributed by atoms with Crippen molar-refractivity contribution in [3.8, 4) is 0 Å². The molecule has 0 spiro atoms. The molecule has 2 saturated carbocycles. The highest BCUT2D eigenvalue weighted by atomic mass is 14.6. The van der Waals surface area contributed by atoms with Crippen molar-refractivity contribution < 1.29 is 0 Å². The van der Waals surface area contributed by atoms with Crippen molar-refractivity contribution in [1.82, 2.24) is 0 Å². The Labute approximate surface area is 70.4 Å². The molecule has 0 aromatic rings. The highest BCUT2D eigenvalue weighted by Gasteiger charge is 2.58. The Kier molecular flexibility index (Phi) is 1.41. The van der Waals surface area contributed by atoms with Crippen molar-refractivity contribution in [3.05, 3.63) is 0 Å². The van der Waals surface area contributed by atoms with Gasteiger partial charge in [-0.2, -0.15) is 0 Å². The maximum absolute atomic E-state index is 2.51. The minimum atomic E-state index is 0.722. The molecule has 0 radical (unpaired) electrons. The second-order valence-electron chi connectivity index (χ2n) is 5.22. The minimum Gasteiger partial charge on any atom is -0.0622 e. The SMILES string of the molecule is CC1CC(C)C2(C)C(C)CC12.